The Balaban J connectivity index is 0.912. The van der Waals surface area contributed by atoms with Gasteiger partial charge in [0.1, 0.15) is 17.8 Å². The van der Waals surface area contributed by atoms with Crippen LogP contribution in [0.5, 0.6) is 23.0 Å². The number of amides is 4. The van der Waals surface area contributed by atoms with Gasteiger partial charge in [0.25, 0.3) is 11.8 Å². The number of halogens is 1. The Labute approximate surface area is 365 Å². The summed E-state index contributed by atoms with van der Waals surface area (Å²) in [7, 11) is 4.87. The highest BCUT2D eigenvalue weighted by Gasteiger charge is 2.45. The zero-order chi connectivity index (χ0) is 43.8. The van der Waals surface area contributed by atoms with E-state index >= 15 is 0 Å². The Morgan fingerprint density at radius 3 is 2.16 bits per heavy atom. The molecule has 1 fully saturated rings. The second-order valence-corrected chi connectivity index (χ2v) is 14.8. The summed E-state index contributed by atoms with van der Waals surface area (Å²) in [4.78, 5) is 57.8. The van der Waals surface area contributed by atoms with Crippen LogP contribution in [0.3, 0.4) is 0 Å². The average molecular weight is 874 g/mol. The van der Waals surface area contributed by atoms with Gasteiger partial charge in [-0.05, 0) is 66.4 Å². The number of aromatic nitrogens is 1. The molecule has 2 N–H and O–H groups in total. The molecule has 3 heterocycles. The smallest absolute Gasteiger partial charge is 0.264 e. The van der Waals surface area contributed by atoms with Crippen LogP contribution < -0.4 is 29.6 Å². The van der Waals surface area contributed by atoms with Crippen molar-refractivity contribution in [3.8, 4) is 23.0 Å². The molecule has 1 saturated heterocycles. The summed E-state index contributed by atoms with van der Waals surface area (Å²) in [6, 6.07) is 19.4. The van der Waals surface area contributed by atoms with Gasteiger partial charge in [-0.15, -0.1) is 0 Å². The molecule has 0 spiro atoms. The van der Waals surface area contributed by atoms with Crippen molar-refractivity contribution in [2.75, 3.05) is 85.9 Å². The minimum atomic E-state index is -1.02. The van der Waals surface area contributed by atoms with Gasteiger partial charge in [0.05, 0.1) is 72.1 Å². The summed E-state index contributed by atoms with van der Waals surface area (Å²) in [6.45, 7) is 5.12. The number of hydrogen-bond acceptors (Lipinski definition) is 14. The number of imide groups is 2. The molecule has 1 atom stereocenters. The molecule has 1 aromatic heterocycles. The number of nitrogens with zero attached hydrogens (tertiary/aromatic N) is 3. The SMILES string of the molecule is COc1ccc(CCN(CCOCCOCCOCCNc2cccc3c2C(=O)N(C2CCC(=O)NC2=O)C3=O)Cc2ccc(OCc3ccc(Cl)nc3)c(OC)c2)cc1OC. The lowest BCUT2D eigenvalue weighted by Crippen LogP contribution is -2.54. The largest absolute Gasteiger partial charge is 0.493 e. The van der Waals surface area contributed by atoms with E-state index < -0.39 is 29.7 Å². The summed E-state index contributed by atoms with van der Waals surface area (Å²) < 4.78 is 40.1. The highest BCUT2D eigenvalue weighted by atomic mass is 35.5. The molecule has 2 aliphatic rings. The number of fused-ring (bicyclic) bond motifs is 1. The minimum Gasteiger partial charge on any atom is -0.493 e. The molecule has 3 aromatic carbocycles. The molecule has 1 unspecified atom stereocenters. The predicted octanol–water partition coefficient (Wildman–Crippen LogP) is 4.95. The minimum absolute atomic E-state index is 0.0578. The molecule has 2 aliphatic heterocycles. The topological polar surface area (TPSA) is 176 Å². The van der Waals surface area contributed by atoms with E-state index in [0.29, 0.717) is 99.7 Å². The van der Waals surface area contributed by atoms with Crippen LogP contribution in [0.25, 0.3) is 0 Å². The monoisotopic (exact) mass is 873 g/mol. The molecule has 6 rings (SSSR count). The number of pyridine rings is 1. The maximum atomic E-state index is 13.3. The lowest BCUT2D eigenvalue weighted by atomic mass is 10.0. The van der Waals surface area contributed by atoms with Crippen LogP contribution in [0.15, 0.2) is 72.9 Å². The van der Waals surface area contributed by atoms with E-state index in [1.807, 2.05) is 42.5 Å². The third-order valence-corrected chi connectivity index (χ3v) is 10.5. The molecule has 0 aliphatic carbocycles. The lowest BCUT2D eigenvalue weighted by Gasteiger charge is -2.27. The van der Waals surface area contributed by atoms with Crippen LogP contribution >= 0.6 is 11.6 Å². The van der Waals surface area contributed by atoms with Crippen molar-refractivity contribution in [1.82, 2.24) is 20.1 Å². The number of hydrogen-bond donors (Lipinski definition) is 2. The summed E-state index contributed by atoms with van der Waals surface area (Å²) in [5, 5.41) is 5.80. The zero-order valence-electron chi connectivity index (χ0n) is 35.1. The fourth-order valence-corrected chi connectivity index (χ4v) is 7.20. The van der Waals surface area contributed by atoms with Crippen molar-refractivity contribution in [1.29, 1.82) is 0 Å². The predicted molar refractivity (Wildman–Crippen MR) is 229 cm³/mol. The molecule has 0 saturated carbocycles. The summed E-state index contributed by atoms with van der Waals surface area (Å²) in [5.74, 6) is 0.436. The number of carbonyl (C=O) groups excluding carboxylic acids is 4. The molecule has 0 radical (unpaired) electrons. The Hall–Kier alpha value is -5.78. The van der Waals surface area contributed by atoms with Crippen molar-refractivity contribution >= 4 is 40.9 Å². The van der Waals surface area contributed by atoms with Gasteiger partial charge in [-0.25, -0.2) is 4.98 Å². The van der Waals surface area contributed by atoms with E-state index in [-0.39, 0.29) is 24.0 Å². The second kappa shape index (κ2) is 22.9. The quantitative estimate of drug-likeness (QED) is 0.0520. The van der Waals surface area contributed by atoms with Crippen LogP contribution in [0, 0.1) is 0 Å². The number of anilines is 1. The number of ether oxygens (including phenoxy) is 7. The van der Waals surface area contributed by atoms with Crippen molar-refractivity contribution in [3.63, 3.8) is 0 Å². The molecule has 17 heteroatoms. The van der Waals surface area contributed by atoms with Crippen LogP contribution in [-0.4, -0.2) is 125 Å². The first-order chi connectivity index (χ1) is 30.2. The second-order valence-electron chi connectivity index (χ2n) is 14.4. The Morgan fingerprint density at radius 1 is 0.758 bits per heavy atom. The zero-order valence-corrected chi connectivity index (χ0v) is 35.9. The maximum Gasteiger partial charge on any atom is 0.264 e. The van der Waals surface area contributed by atoms with Crippen molar-refractivity contribution in [2.45, 2.75) is 38.5 Å². The normalized spacial score (nSPS) is 14.9. The molecule has 16 nitrogen and oxygen atoms in total. The molecule has 4 aromatic rings. The summed E-state index contributed by atoms with van der Waals surface area (Å²) >= 11 is 5.92. The number of nitrogens with one attached hydrogen (secondary N) is 2. The summed E-state index contributed by atoms with van der Waals surface area (Å²) in [5.41, 5.74) is 3.95. The van der Waals surface area contributed by atoms with Gasteiger partial charge in [0.15, 0.2) is 23.0 Å². The van der Waals surface area contributed by atoms with Crippen LogP contribution in [0.4, 0.5) is 5.69 Å². The van der Waals surface area contributed by atoms with E-state index in [0.717, 1.165) is 34.6 Å². The van der Waals surface area contributed by atoms with Crippen molar-refractivity contribution in [2.24, 2.45) is 0 Å². The highest BCUT2D eigenvalue weighted by molar-refractivity contribution is 6.29. The fourth-order valence-electron chi connectivity index (χ4n) is 7.09. The van der Waals surface area contributed by atoms with Crippen molar-refractivity contribution in [3.05, 3.63) is 106 Å². The lowest BCUT2D eigenvalue weighted by molar-refractivity contribution is -0.136. The summed E-state index contributed by atoms with van der Waals surface area (Å²) in [6.07, 6.45) is 2.61. The Kier molecular flexibility index (Phi) is 16.9. The molecular weight excluding hydrogens is 822 g/mol. The number of carbonyl (C=O) groups is 4. The molecule has 0 bridgehead atoms. The maximum absolute atomic E-state index is 13.3. The van der Waals surface area contributed by atoms with E-state index in [1.54, 1.807) is 51.8 Å². The van der Waals surface area contributed by atoms with E-state index in [2.05, 4.69) is 20.5 Å². The molecule has 4 amide bonds. The van der Waals surface area contributed by atoms with Gasteiger partial charge in [-0.2, -0.15) is 0 Å². The first-order valence-electron chi connectivity index (χ1n) is 20.3. The van der Waals surface area contributed by atoms with Crippen molar-refractivity contribution < 1.29 is 52.3 Å². The number of benzene rings is 3. The Morgan fingerprint density at radius 2 is 1.44 bits per heavy atom. The van der Waals surface area contributed by atoms with Gasteiger partial charge < -0.3 is 38.5 Å². The van der Waals surface area contributed by atoms with E-state index in [9.17, 15) is 19.2 Å². The van der Waals surface area contributed by atoms with Gasteiger partial charge in [-0.3, -0.25) is 34.3 Å². The van der Waals surface area contributed by atoms with Gasteiger partial charge in [0.2, 0.25) is 11.8 Å². The third-order valence-electron chi connectivity index (χ3n) is 10.3. The van der Waals surface area contributed by atoms with Crippen LogP contribution in [0.2, 0.25) is 5.15 Å². The molecular formula is C45H52ClN5O11. The third kappa shape index (κ3) is 12.2. The van der Waals surface area contributed by atoms with Gasteiger partial charge in [0, 0.05) is 50.0 Å². The number of piperidine rings is 1. The average Bonchev–Trinajstić information content (AvgIpc) is 3.54. The Bertz CT molecular complexity index is 2170. The molecule has 330 valence electrons. The highest BCUT2D eigenvalue weighted by Crippen LogP contribution is 2.33. The number of methoxy groups -OCH3 is 3. The van der Waals surface area contributed by atoms with E-state index in [4.69, 9.17) is 44.8 Å². The molecule has 62 heavy (non-hydrogen) atoms. The number of rotatable bonds is 25. The first-order valence-corrected chi connectivity index (χ1v) is 20.7. The van der Waals surface area contributed by atoms with Crippen LogP contribution in [-0.2, 0) is 43.4 Å². The van der Waals surface area contributed by atoms with E-state index in [1.165, 1.54) is 0 Å². The van der Waals surface area contributed by atoms with Gasteiger partial charge in [-0.1, -0.05) is 35.9 Å². The van der Waals surface area contributed by atoms with Gasteiger partial charge >= 0.3 is 0 Å². The van der Waals surface area contributed by atoms with Crippen LogP contribution in [0.1, 0.15) is 50.2 Å². The first kappa shape index (κ1) is 45.7. The fraction of sp³-hybridized carbons (Fsp3) is 0.400. The standard InChI is InChI=1S/C45H52ClN5O11/c1-56-36-11-7-30(25-38(36)57-2)15-17-50(28-31-8-12-37(39(26-31)58-3)62-29-32-9-13-40(46)48-27-32)18-20-60-22-24-61-23-21-59-19-16-47-34-6-4-5-33-42(34)45(55)51(44(33)54)35-10-14-41(52)49-43(35)53/h4-9,11-13,25-27,35,47H,10,14-24,28-29H2,1-3H3,(H,49,52,53).